The number of carbonyl (C=O) groups is 1. The minimum absolute atomic E-state index is 0.00450. The van der Waals surface area contributed by atoms with Crippen molar-refractivity contribution in [2.45, 2.75) is 43.6 Å². The molecule has 1 aromatic heterocycles. The number of H-pyrrole nitrogens is 1. The van der Waals surface area contributed by atoms with Crippen LogP contribution in [-0.4, -0.2) is 32.9 Å². The molecule has 1 atom stereocenters. The van der Waals surface area contributed by atoms with Crippen LogP contribution in [0.4, 0.5) is 0 Å². The maximum absolute atomic E-state index is 12.5. The number of rotatable bonds is 8. The van der Waals surface area contributed by atoms with Gasteiger partial charge < -0.3 is 4.74 Å². The third-order valence-electron chi connectivity index (χ3n) is 3.48. The summed E-state index contributed by atoms with van der Waals surface area (Å²) in [6, 6.07) is 7.01. The number of ketones is 1. The number of thioether (sulfide) groups is 1. The highest BCUT2D eigenvalue weighted by Gasteiger charge is 2.20. The van der Waals surface area contributed by atoms with E-state index in [1.807, 2.05) is 6.92 Å². The molecule has 124 valence electrons. The van der Waals surface area contributed by atoms with Gasteiger partial charge in [-0.15, -0.1) is 5.10 Å². The first-order chi connectivity index (χ1) is 11.1. The van der Waals surface area contributed by atoms with E-state index in [9.17, 15) is 9.59 Å². The predicted octanol–water partition coefficient (Wildman–Crippen LogP) is 2.74. The highest BCUT2D eigenvalue weighted by atomic mass is 32.2. The summed E-state index contributed by atoms with van der Waals surface area (Å²) in [4.78, 5) is 24.3. The highest BCUT2D eigenvalue weighted by Crippen LogP contribution is 2.24. The van der Waals surface area contributed by atoms with Crippen molar-refractivity contribution in [1.82, 2.24) is 14.8 Å². The fourth-order valence-electron chi connectivity index (χ4n) is 2.11. The minimum Gasteiger partial charge on any atom is -0.497 e. The lowest BCUT2D eigenvalue weighted by Crippen LogP contribution is -2.19. The standard InChI is InChI=1S/C16H21N3O3S/c1-4-5-10-19-15(21)17-18-16(19)23-11(2)14(20)12-6-8-13(22-3)9-7-12/h6-9,11H,4-5,10H2,1-3H3,(H,17,21). The lowest BCUT2D eigenvalue weighted by atomic mass is 10.1. The van der Waals surface area contributed by atoms with Crippen LogP contribution in [0.25, 0.3) is 0 Å². The van der Waals surface area contributed by atoms with Crippen molar-refractivity contribution in [2.24, 2.45) is 0 Å². The van der Waals surface area contributed by atoms with Crippen LogP contribution < -0.4 is 10.4 Å². The lowest BCUT2D eigenvalue weighted by molar-refractivity contribution is 0.0994. The Kier molecular flexibility index (Phi) is 6.04. The van der Waals surface area contributed by atoms with Crippen molar-refractivity contribution in [3.8, 4) is 5.75 Å². The molecule has 0 bridgehead atoms. The average Bonchev–Trinajstić information content (AvgIpc) is 2.92. The van der Waals surface area contributed by atoms with Crippen LogP contribution in [-0.2, 0) is 6.54 Å². The Morgan fingerprint density at radius 3 is 2.70 bits per heavy atom. The summed E-state index contributed by atoms with van der Waals surface area (Å²) >= 11 is 1.29. The monoisotopic (exact) mass is 335 g/mol. The number of hydrogen-bond donors (Lipinski definition) is 1. The summed E-state index contributed by atoms with van der Waals surface area (Å²) in [5.41, 5.74) is 0.383. The minimum atomic E-state index is -0.334. The molecule has 0 spiro atoms. The molecule has 0 amide bonds. The van der Waals surface area contributed by atoms with Gasteiger partial charge in [-0.2, -0.15) is 0 Å². The molecule has 23 heavy (non-hydrogen) atoms. The molecule has 0 aliphatic carbocycles. The fourth-order valence-corrected chi connectivity index (χ4v) is 3.07. The van der Waals surface area contributed by atoms with E-state index in [2.05, 4.69) is 17.1 Å². The van der Waals surface area contributed by atoms with Gasteiger partial charge in [-0.3, -0.25) is 9.36 Å². The molecule has 0 aliphatic heterocycles. The number of hydrogen-bond acceptors (Lipinski definition) is 5. The molecule has 1 aromatic carbocycles. The summed E-state index contributed by atoms with van der Waals surface area (Å²) in [5.74, 6) is 0.706. The number of carbonyl (C=O) groups excluding carboxylic acids is 1. The third kappa shape index (κ3) is 4.25. The van der Waals surface area contributed by atoms with E-state index in [4.69, 9.17) is 4.74 Å². The smallest absolute Gasteiger partial charge is 0.343 e. The van der Waals surface area contributed by atoms with Crippen LogP contribution in [0.15, 0.2) is 34.2 Å². The van der Waals surface area contributed by atoms with Crippen LogP contribution in [0.3, 0.4) is 0 Å². The SMILES string of the molecule is CCCCn1c(SC(C)C(=O)c2ccc(OC)cc2)n[nH]c1=O. The van der Waals surface area contributed by atoms with Crippen molar-refractivity contribution in [1.29, 1.82) is 0 Å². The maximum atomic E-state index is 12.5. The van der Waals surface area contributed by atoms with E-state index in [1.54, 1.807) is 35.9 Å². The second-order valence-electron chi connectivity index (χ2n) is 5.17. The van der Waals surface area contributed by atoms with E-state index < -0.39 is 0 Å². The Morgan fingerprint density at radius 1 is 1.39 bits per heavy atom. The number of ether oxygens (including phenoxy) is 1. The summed E-state index contributed by atoms with van der Waals surface area (Å²) < 4.78 is 6.68. The molecular formula is C16H21N3O3S. The van der Waals surface area contributed by atoms with Gasteiger partial charge in [0.1, 0.15) is 5.75 Å². The normalized spacial score (nSPS) is 12.1. The van der Waals surface area contributed by atoms with E-state index >= 15 is 0 Å². The Morgan fingerprint density at radius 2 is 2.09 bits per heavy atom. The molecule has 0 aliphatic rings. The summed E-state index contributed by atoms with van der Waals surface area (Å²) in [7, 11) is 1.59. The molecule has 0 saturated carbocycles. The van der Waals surface area contributed by atoms with Gasteiger partial charge in [0.25, 0.3) is 0 Å². The van der Waals surface area contributed by atoms with Gasteiger partial charge in [0.05, 0.1) is 12.4 Å². The molecule has 0 radical (unpaired) electrons. The molecule has 2 rings (SSSR count). The number of methoxy groups -OCH3 is 1. The molecular weight excluding hydrogens is 314 g/mol. The van der Waals surface area contributed by atoms with Crippen molar-refractivity contribution >= 4 is 17.5 Å². The van der Waals surface area contributed by atoms with E-state index in [0.717, 1.165) is 12.8 Å². The number of aromatic amines is 1. The van der Waals surface area contributed by atoms with Crippen LogP contribution in [0.2, 0.25) is 0 Å². The number of nitrogens with zero attached hydrogens (tertiary/aromatic N) is 2. The average molecular weight is 335 g/mol. The molecule has 6 nitrogen and oxygen atoms in total. The van der Waals surface area contributed by atoms with Gasteiger partial charge in [-0.25, -0.2) is 9.89 Å². The summed E-state index contributed by atoms with van der Waals surface area (Å²) in [6.07, 6.45) is 1.88. The first kappa shape index (κ1) is 17.3. The lowest BCUT2D eigenvalue weighted by Gasteiger charge is -2.11. The Balaban J connectivity index is 2.10. The third-order valence-corrected chi connectivity index (χ3v) is 4.57. The Hall–Kier alpha value is -2.02. The molecule has 0 saturated heterocycles. The van der Waals surface area contributed by atoms with E-state index in [1.165, 1.54) is 11.8 Å². The Labute approximate surface area is 139 Å². The van der Waals surface area contributed by atoms with Gasteiger partial charge in [0, 0.05) is 12.1 Å². The first-order valence-corrected chi connectivity index (χ1v) is 8.45. The van der Waals surface area contributed by atoms with E-state index in [0.29, 0.717) is 23.0 Å². The van der Waals surface area contributed by atoms with Crippen LogP contribution >= 0.6 is 11.8 Å². The van der Waals surface area contributed by atoms with Crippen LogP contribution in [0.1, 0.15) is 37.0 Å². The number of aromatic nitrogens is 3. The van der Waals surface area contributed by atoms with Gasteiger partial charge in [0.2, 0.25) is 0 Å². The quantitative estimate of drug-likeness (QED) is 0.593. The number of Topliss-reactive ketones (excluding diaryl/α,β-unsaturated/α-hetero) is 1. The van der Waals surface area contributed by atoms with Gasteiger partial charge in [-0.05, 0) is 37.6 Å². The van der Waals surface area contributed by atoms with Gasteiger partial charge in [-0.1, -0.05) is 25.1 Å². The highest BCUT2D eigenvalue weighted by molar-refractivity contribution is 8.00. The van der Waals surface area contributed by atoms with Crippen molar-refractivity contribution in [3.05, 3.63) is 40.3 Å². The molecule has 0 fully saturated rings. The maximum Gasteiger partial charge on any atom is 0.343 e. The number of unbranched alkanes of at least 4 members (excludes halogenated alkanes) is 1. The molecule has 1 N–H and O–H groups in total. The zero-order chi connectivity index (χ0) is 16.8. The van der Waals surface area contributed by atoms with Crippen molar-refractivity contribution in [3.63, 3.8) is 0 Å². The van der Waals surface area contributed by atoms with Crippen molar-refractivity contribution in [2.75, 3.05) is 7.11 Å². The molecule has 7 heteroatoms. The molecule has 2 aromatic rings. The predicted molar refractivity (Wildman–Crippen MR) is 90.4 cm³/mol. The second kappa shape index (κ2) is 8.01. The largest absolute Gasteiger partial charge is 0.497 e. The van der Waals surface area contributed by atoms with Crippen molar-refractivity contribution < 1.29 is 9.53 Å². The summed E-state index contributed by atoms with van der Waals surface area (Å²) in [5, 5.41) is 6.70. The number of nitrogens with one attached hydrogen (secondary N) is 1. The van der Waals surface area contributed by atoms with Crippen LogP contribution in [0.5, 0.6) is 5.75 Å². The zero-order valence-corrected chi connectivity index (χ0v) is 14.4. The Bertz CT molecular complexity index is 706. The molecule has 1 heterocycles. The van der Waals surface area contributed by atoms with Gasteiger partial charge >= 0.3 is 5.69 Å². The van der Waals surface area contributed by atoms with E-state index in [-0.39, 0.29) is 16.7 Å². The summed E-state index contributed by atoms with van der Waals surface area (Å²) in [6.45, 7) is 4.49. The zero-order valence-electron chi connectivity index (χ0n) is 13.5. The number of benzene rings is 1. The fraction of sp³-hybridized carbons (Fsp3) is 0.438. The van der Waals surface area contributed by atoms with Gasteiger partial charge in [0.15, 0.2) is 10.9 Å². The first-order valence-electron chi connectivity index (χ1n) is 7.57. The van der Waals surface area contributed by atoms with Crippen LogP contribution in [0, 0.1) is 0 Å². The molecule has 1 unspecified atom stereocenters. The second-order valence-corrected chi connectivity index (χ2v) is 6.48. The topological polar surface area (TPSA) is 77.0 Å².